The van der Waals surface area contributed by atoms with E-state index in [1.165, 1.54) is 7.11 Å². The third-order valence-corrected chi connectivity index (χ3v) is 6.37. The van der Waals surface area contributed by atoms with Crippen LogP contribution >= 0.6 is 27.7 Å². The zero-order chi connectivity index (χ0) is 23.0. The fourth-order valence-corrected chi connectivity index (χ4v) is 4.87. The zero-order valence-corrected chi connectivity index (χ0v) is 20.2. The average molecular weight is 508 g/mol. The van der Waals surface area contributed by atoms with Gasteiger partial charge in [0, 0.05) is 23.5 Å². The fourth-order valence-electron chi connectivity index (χ4n) is 3.51. The van der Waals surface area contributed by atoms with Crippen molar-refractivity contribution >= 4 is 45.5 Å². The van der Waals surface area contributed by atoms with Crippen molar-refractivity contribution in [2.24, 2.45) is 5.92 Å². The Kier molecular flexibility index (Phi) is 9.59. The lowest BCUT2D eigenvalue weighted by Crippen LogP contribution is -2.44. The van der Waals surface area contributed by atoms with E-state index in [0.29, 0.717) is 23.7 Å². The normalized spacial score (nSPS) is 18.2. The summed E-state index contributed by atoms with van der Waals surface area (Å²) in [5, 5.41) is 12.9. The second-order valence-electron chi connectivity index (χ2n) is 7.05. The first-order chi connectivity index (χ1) is 14.9. The summed E-state index contributed by atoms with van der Waals surface area (Å²) in [7, 11) is 1.21. The smallest absolute Gasteiger partial charge is 0.319 e. The Bertz CT molecular complexity index is 906. The van der Waals surface area contributed by atoms with Crippen LogP contribution in [0.4, 0.5) is 0 Å². The Morgan fingerprint density at radius 2 is 1.97 bits per heavy atom. The molecule has 1 N–H and O–H groups in total. The minimum Gasteiger partial charge on any atom is -0.468 e. The van der Waals surface area contributed by atoms with Gasteiger partial charge in [0.05, 0.1) is 29.5 Å². The number of rotatable bonds is 9. The summed E-state index contributed by atoms with van der Waals surface area (Å²) < 4.78 is 5.60. The Balaban J connectivity index is 2.41. The highest BCUT2D eigenvalue weighted by Gasteiger charge is 2.44. The Morgan fingerprint density at radius 3 is 2.52 bits per heavy atom. The summed E-state index contributed by atoms with van der Waals surface area (Å²) in [6.45, 7) is 5.34. The Hall–Kier alpha value is -2.31. The number of benzene rings is 1. The van der Waals surface area contributed by atoms with Crippen LogP contribution in [-0.2, 0) is 19.1 Å². The number of nitriles is 1. The molecule has 0 aliphatic carbocycles. The van der Waals surface area contributed by atoms with Crippen molar-refractivity contribution in [2.45, 2.75) is 32.6 Å². The highest BCUT2D eigenvalue weighted by Crippen LogP contribution is 2.40. The van der Waals surface area contributed by atoms with Gasteiger partial charge in [0.15, 0.2) is 0 Å². The molecule has 0 spiro atoms. The number of hydrogen-bond donors (Lipinski definition) is 1. The van der Waals surface area contributed by atoms with Crippen molar-refractivity contribution in [1.82, 2.24) is 10.2 Å². The first kappa shape index (κ1) is 25.0. The van der Waals surface area contributed by atoms with Crippen LogP contribution in [0.3, 0.4) is 0 Å². The molecule has 1 aliphatic heterocycles. The quantitative estimate of drug-likeness (QED) is 0.405. The molecule has 2 atom stereocenters. The molecule has 0 saturated heterocycles. The minimum atomic E-state index is -1.19. The van der Waals surface area contributed by atoms with E-state index in [9.17, 15) is 19.6 Å². The molecule has 2 rings (SSSR count). The molecule has 0 saturated carbocycles. The standard InChI is InChI=1S/C22H26BrN3O4S/c1-4-9-26(10-5-2)17(27)13-31-21-16(12-24)18(14-7-6-8-15(23)11-14)19(20(28)25-21)22(29)30-3/h6-8,11,18-19H,4-5,9-10,13H2,1-3H3,(H,25,28)/t18-,19-/m0/s1. The number of carbonyl (C=O) groups is 3. The van der Waals surface area contributed by atoms with Crippen LogP contribution in [0.25, 0.3) is 0 Å². The monoisotopic (exact) mass is 507 g/mol. The van der Waals surface area contributed by atoms with Crippen molar-refractivity contribution in [1.29, 1.82) is 5.26 Å². The molecular weight excluding hydrogens is 482 g/mol. The van der Waals surface area contributed by atoms with E-state index in [0.717, 1.165) is 29.1 Å². The fraction of sp³-hybridized carbons (Fsp3) is 0.455. The lowest BCUT2D eigenvalue weighted by Gasteiger charge is -2.31. The number of nitrogens with one attached hydrogen (secondary N) is 1. The molecule has 0 fully saturated rings. The first-order valence-corrected chi connectivity index (χ1v) is 11.8. The van der Waals surface area contributed by atoms with Crippen LogP contribution in [-0.4, -0.2) is 48.6 Å². The zero-order valence-electron chi connectivity index (χ0n) is 17.8. The second kappa shape index (κ2) is 11.9. The van der Waals surface area contributed by atoms with Crippen LogP contribution in [0, 0.1) is 17.2 Å². The van der Waals surface area contributed by atoms with E-state index in [2.05, 4.69) is 27.3 Å². The van der Waals surface area contributed by atoms with Crippen LogP contribution in [0.1, 0.15) is 38.2 Å². The highest BCUT2D eigenvalue weighted by atomic mass is 79.9. The van der Waals surface area contributed by atoms with Gasteiger partial charge in [-0.2, -0.15) is 5.26 Å². The number of hydrogen-bond acceptors (Lipinski definition) is 6. The number of esters is 1. The van der Waals surface area contributed by atoms with Gasteiger partial charge in [-0.1, -0.05) is 53.7 Å². The molecule has 31 heavy (non-hydrogen) atoms. The Labute approximate surface area is 195 Å². The van der Waals surface area contributed by atoms with Crippen LogP contribution < -0.4 is 5.32 Å². The number of ether oxygens (including phenoxy) is 1. The van der Waals surface area contributed by atoms with E-state index in [1.807, 2.05) is 19.9 Å². The van der Waals surface area contributed by atoms with Crippen LogP contribution in [0.15, 0.2) is 39.3 Å². The van der Waals surface area contributed by atoms with E-state index < -0.39 is 23.7 Å². The summed E-state index contributed by atoms with van der Waals surface area (Å²) in [6, 6.07) is 9.28. The predicted molar refractivity (Wildman–Crippen MR) is 123 cm³/mol. The van der Waals surface area contributed by atoms with E-state index >= 15 is 0 Å². The van der Waals surface area contributed by atoms with E-state index in [4.69, 9.17) is 4.74 Å². The van der Waals surface area contributed by atoms with Gasteiger partial charge < -0.3 is 15.0 Å². The maximum Gasteiger partial charge on any atom is 0.319 e. The molecule has 2 amide bonds. The van der Waals surface area contributed by atoms with Crippen molar-refractivity contribution in [3.05, 3.63) is 44.9 Å². The summed E-state index contributed by atoms with van der Waals surface area (Å²) in [5.41, 5.74) is 0.877. The number of halogens is 1. The molecule has 0 unspecified atom stereocenters. The van der Waals surface area contributed by atoms with Gasteiger partial charge in [0.1, 0.15) is 5.92 Å². The van der Waals surface area contributed by atoms with Crippen molar-refractivity contribution in [3.8, 4) is 6.07 Å². The van der Waals surface area contributed by atoms with E-state index in [1.54, 1.807) is 23.1 Å². The number of methoxy groups -OCH3 is 1. The third kappa shape index (κ3) is 6.11. The van der Waals surface area contributed by atoms with E-state index in [-0.39, 0.29) is 17.2 Å². The SMILES string of the molecule is CCCN(CCC)C(=O)CSC1=C(C#N)[C@H](c2cccc(Br)c2)[C@H](C(=O)OC)C(=O)N1. The van der Waals surface area contributed by atoms with Crippen molar-refractivity contribution < 1.29 is 19.1 Å². The van der Waals surface area contributed by atoms with Gasteiger partial charge in [-0.05, 0) is 30.5 Å². The maximum atomic E-state index is 12.8. The number of carbonyl (C=O) groups excluding carboxylic acids is 3. The molecule has 1 aromatic rings. The third-order valence-electron chi connectivity index (χ3n) is 4.87. The molecular formula is C22H26BrN3O4S. The molecule has 0 bridgehead atoms. The average Bonchev–Trinajstić information content (AvgIpc) is 2.76. The van der Waals surface area contributed by atoms with Crippen LogP contribution in [0.5, 0.6) is 0 Å². The number of thioether (sulfide) groups is 1. The Morgan fingerprint density at radius 1 is 1.29 bits per heavy atom. The largest absolute Gasteiger partial charge is 0.468 e. The van der Waals surface area contributed by atoms with Crippen molar-refractivity contribution in [2.75, 3.05) is 26.0 Å². The van der Waals surface area contributed by atoms with Crippen molar-refractivity contribution in [3.63, 3.8) is 0 Å². The maximum absolute atomic E-state index is 12.8. The summed E-state index contributed by atoms with van der Waals surface area (Å²) in [5.74, 6) is -3.22. The summed E-state index contributed by atoms with van der Waals surface area (Å²) >= 11 is 4.52. The lowest BCUT2D eigenvalue weighted by atomic mass is 9.78. The van der Waals surface area contributed by atoms with Gasteiger partial charge in [0.25, 0.3) is 0 Å². The topological polar surface area (TPSA) is 99.5 Å². The van der Waals surface area contributed by atoms with Gasteiger partial charge >= 0.3 is 5.97 Å². The molecule has 0 radical (unpaired) electrons. The molecule has 166 valence electrons. The van der Waals surface area contributed by atoms with Gasteiger partial charge in [0.2, 0.25) is 11.8 Å². The van der Waals surface area contributed by atoms with Crippen LogP contribution in [0.2, 0.25) is 0 Å². The molecule has 9 heteroatoms. The lowest BCUT2D eigenvalue weighted by molar-refractivity contribution is -0.150. The minimum absolute atomic E-state index is 0.0539. The molecule has 7 nitrogen and oxygen atoms in total. The summed E-state index contributed by atoms with van der Waals surface area (Å²) in [6.07, 6.45) is 1.70. The molecule has 1 heterocycles. The molecule has 1 aliphatic rings. The first-order valence-electron chi connectivity index (χ1n) is 10.1. The molecule has 0 aromatic heterocycles. The predicted octanol–water partition coefficient (Wildman–Crippen LogP) is 3.57. The number of amides is 2. The summed E-state index contributed by atoms with van der Waals surface area (Å²) in [4.78, 5) is 39.7. The van der Waals surface area contributed by atoms with Gasteiger partial charge in [-0.3, -0.25) is 14.4 Å². The van der Waals surface area contributed by atoms with Gasteiger partial charge in [-0.25, -0.2) is 0 Å². The number of nitrogens with zero attached hydrogens (tertiary/aromatic N) is 2. The number of allylic oxidation sites excluding steroid dienone is 1. The van der Waals surface area contributed by atoms with Gasteiger partial charge in [-0.15, -0.1) is 0 Å². The highest BCUT2D eigenvalue weighted by molar-refractivity contribution is 9.10. The second-order valence-corrected chi connectivity index (χ2v) is 8.95. The molecule has 1 aromatic carbocycles.